The SMILES string of the molecule is CC(=O)c1n[nH]c2ncnc(N3CC[C@H]3c3nn4ccc(Cl)c4c(=O)n3-c3ccccc3)c12. The van der Waals surface area contributed by atoms with Crippen molar-refractivity contribution in [2.45, 2.75) is 19.4 Å². The van der Waals surface area contributed by atoms with Crippen molar-refractivity contribution < 1.29 is 4.79 Å². The molecule has 0 aliphatic carbocycles. The highest BCUT2D eigenvalue weighted by atomic mass is 35.5. The lowest BCUT2D eigenvalue weighted by Crippen LogP contribution is -2.45. The molecule has 0 spiro atoms. The number of para-hydroxylation sites is 1. The normalized spacial score (nSPS) is 15.8. The number of anilines is 1. The molecule has 33 heavy (non-hydrogen) atoms. The van der Waals surface area contributed by atoms with Gasteiger partial charge in [0.2, 0.25) is 0 Å². The average molecular weight is 461 g/mol. The molecule has 5 heterocycles. The minimum Gasteiger partial charge on any atom is -0.345 e. The van der Waals surface area contributed by atoms with Crippen molar-refractivity contribution in [2.75, 3.05) is 11.4 Å². The number of carbonyl (C=O) groups excluding carboxylic acids is 1. The van der Waals surface area contributed by atoms with E-state index in [-0.39, 0.29) is 23.1 Å². The van der Waals surface area contributed by atoms with Gasteiger partial charge >= 0.3 is 0 Å². The molecule has 0 saturated carbocycles. The van der Waals surface area contributed by atoms with Gasteiger partial charge in [-0.3, -0.25) is 19.3 Å². The van der Waals surface area contributed by atoms with Gasteiger partial charge in [-0.15, -0.1) is 0 Å². The molecule has 6 rings (SSSR count). The second-order valence-electron chi connectivity index (χ2n) is 7.84. The van der Waals surface area contributed by atoms with Crippen LogP contribution in [0, 0.1) is 0 Å². The predicted molar refractivity (Wildman–Crippen MR) is 122 cm³/mol. The summed E-state index contributed by atoms with van der Waals surface area (Å²) in [4.78, 5) is 36.4. The van der Waals surface area contributed by atoms with Crippen molar-refractivity contribution in [1.82, 2.24) is 34.3 Å². The van der Waals surface area contributed by atoms with Gasteiger partial charge in [-0.1, -0.05) is 29.8 Å². The van der Waals surface area contributed by atoms with Crippen LogP contribution in [0.25, 0.3) is 22.2 Å². The molecule has 164 valence electrons. The molecule has 4 aromatic heterocycles. The Balaban J connectivity index is 1.57. The van der Waals surface area contributed by atoms with Gasteiger partial charge in [0.15, 0.2) is 17.3 Å². The molecule has 11 heteroatoms. The zero-order valence-corrected chi connectivity index (χ0v) is 18.2. The van der Waals surface area contributed by atoms with E-state index < -0.39 is 0 Å². The highest BCUT2D eigenvalue weighted by Gasteiger charge is 2.37. The van der Waals surface area contributed by atoms with Gasteiger partial charge in [0.1, 0.15) is 23.4 Å². The van der Waals surface area contributed by atoms with Crippen LogP contribution in [0.15, 0.2) is 53.7 Å². The van der Waals surface area contributed by atoms with Crippen molar-refractivity contribution in [3.63, 3.8) is 0 Å². The molecular formula is C22H17ClN8O2. The van der Waals surface area contributed by atoms with Gasteiger partial charge in [-0.25, -0.2) is 14.5 Å². The number of nitrogens with one attached hydrogen (secondary N) is 1. The number of fused-ring (bicyclic) bond motifs is 2. The molecule has 10 nitrogen and oxygen atoms in total. The Kier molecular flexibility index (Phi) is 4.31. The van der Waals surface area contributed by atoms with Crippen molar-refractivity contribution in [3.05, 3.63) is 75.8 Å². The quantitative estimate of drug-likeness (QED) is 0.410. The molecule has 1 aliphatic rings. The van der Waals surface area contributed by atoms with Crippen molar-refractivity contribution in [2.24, 2.45) is 0 Å². The van der Waals surface area contributed by atoms with Crippen LogP contribution in [-0.2, 0) is 0 Å². The topological polar surface area (TPSA) is 114 Å². The number of aromatic nitrogens is 7. The first-order valence-electron chi connectivity index (χ1n) is 10.4. The smallest absolute Gasteiger partial charge is 0.284 e. The summed E-state index contributed by atoms with van der Waals surface area (Å²) in [7, 11) is 0. The molecule has 0 unspecified atom stereocenters. The first-order valence-corrected chi connectivity index (χ1v) is 10.7. The number of aromatic amines is 1. The first-order chi connectivity index (χ1) is 16.0. The summed E-state index contributed by atoms with van der Waals surface area (Å²) in [6.45, 7) is 2.13. The minimum absolute atomic E-state index is 0.183. The molecule has 0 bridgehead atoms. The summed E-state index contributed by atoms with van der Waals surface area (Å²) in [6.07, 6.45) is 3.86. The van der Waals surface area contributed by atoms with Gasteiger partial charge < -0.3 is 4.90 Å². The maximum absolute atomic E-state index is 13.5. The van der Waals surface area contributed by atoms with Gasteiger partial charge in [-0.05, 0) is 24.6 Å². The summed E-state index contributed by atoms with van der Waals surface area (Å²) < 4.78 is 3.11. The lowest BCUT2D eigenvalue weighted by atomic mass is 10.0. The lowest BCUT2D eigenvalue weighted by Gasteiger charge is -2.42. The van der Waals surface area contributed by atoms with E-state index in [1.54, 1.807) is 16.8 Å². The van der Waals surface area contributed by atoms with Crippen LogP contribution < -0.4 is 10.5 Å². The molecular weight excluding hydrogens is 444 g/mol. The molecule has 0 radical (unpaired) electrons. The molecule has 1 fully saturated rings. The monoisotopic (exact) mass is 460 g/mol. The third kappa shape index (κ3) is 2.87. The van der Waals surface area contributed by atoms with E-state index in [0.29, 0.717) is 45.4 Å². The van der Waals surface area contributed by atoms with Crippen molar-refractivity contribution in [3.8, 4) is 5.69 Å². The number of hydrogen-bond donors (Lipinski definition) is 1. The number of ketones is 1. The van der Waals surface area contributed by atoms with Crippen LogP contribution in [0.5, 0.6) is 0 Å². The second kappa shape index (κ2) is 7.24. The Morgan fingerprint density at radius 1 is 1.18 bits per heavy atom. The number of hydrogen-bond acceptors (Lipinski definition) is 7. The second-order valence-corrected chi connectivity index (χ2v) is 8.25. The van der Waals surface area contributed by atoms with Gasteiger partial charge in [0.25, 0.3) is 5.56 Å². The van der Waals surface area contributed by atoms with E-state index in [0.717, 1.165) is 6.42 Å². The third-order valence-corrected chi connectivity index (χ3v) is 6.24. The predicted octanol–water partition coefficient (Wildman–Crippen LogP) is 2.96. The van der Waals surface area contributed by atoms with Crippen molar-refractivity contribution in [1.29, 1.82) is 0 Å². The molecule has 1 aliphatic heterocycles. The maximum atomic E-state index is 13.5. The zero-order chi connectivity index (χ0) is 22.7. The summed E-state index contributed by atoms with van der Waals surface area (Å²) in [5, 5.41) is 12.6. The summed E-state index contributed by atoms with van der Waals surface area (Å²) in [5.41, 5.74) is 1.52. The molecule has 1 N–H and O–H groups in total. The summed E-state index contributed by atoms with van der Waals surface area (Å²) in [5.74, 6) is 0.948. The van der Waals surface area contributed by atoms with Gasteiger partial charge in [0, 0.05) is 19.7 Å². The minimum atomic E-state index is -0.256. The Morgan fingerprint density at radius 2 is 2.00 bits per heavy atom. The molecule has 1 saturated heterocycles. The fourth-order valence-corrected chi connectivity index (χ4v) is 4.54. The third-order valence-electron chi connectivity index (χ3n) is 5.94. The Morgan fingerprint density at radius 3 is 2.73 bits per heavy atom. The highest BCUT2D eigenvalue weighted by Crippen LogP contribution is 2.39. The van der Waals surface area contributed by atoms with E-state index in [9.17, 15) is 9.59 Å². The summed E-state index contributed by atoms with van der Waals surface area (Å²) in [6, 6.07) is 10.7. The highest BCUT2D eigenvalue weighted by molar-refractivity contribution is 6.33. The molecule has 1 aromatic carbocycles. The van der Waals surface area contributed by atoms with Gasteiger partial charge in [0.05, 0.1) is 22.1 Å². The van der Waals surface area contributed by atoms with Crippen molar-refractivity contribution >= 4 is 39.8 Å². The first kappa shape index (κ1) is 19.6. The van der Waals surface area contributed by atoms with E-state index in [2.05, 4.69) is 20.2 Å². The average Bonchev–Trinajstić information content (AvgIpc) is 3.38. The Bertz CT molecular complexity index is 1600. The fourth-order valence-electron chi connectivity index (χ4n) is 4.32. The van der Waals surface area contributed by atoms with E-state index in [1.165, 1.54) is 17.8 Å². The number of rotatable bonds is 4. The van der Waals surface area contributed by atoms with Crippen LogP contribution in [-0.4, -0.2) is 46.7 Å². The number of nitrogens with zero attached hydrogens (tertiary/aromatic N) is 7. The maximum Gasteiger partial charge on any atom is 0.284 e. The van der Waals surface area contributed by atoms with Crippen LogP contribution >= 0.6 is 11.6 Å². The Hall–Kier alpha value is -4.05. The fraction of sp³-hybridized carbons (Fsp3) is 0.182. The van der Waals surface area contributed by atoms with E-state index >= 15 is 0 Å². The number of halogens is 1. The van der Waals surface area contributed by atoms with Crippen LogP contribution in [0.4, 0.5) is 5.82 Å². The van der Waals surface area contributed by atoms with E-state index in [1.807, 2.05) is 35.2 Å². The lowest BCUT2D eigenvalue weighted by molar-refractivity contribution is 0.101. The largest absolute Gasteiger partial charge is 0.345 e. The molecule has 0 amide bonds. The standard InChI is InChI=1S/C22H17ClN8O2/c1-12(32)17-16-19(27-26-17)24-11-25-21(16)29-9-8-15(29)20-28-30-10-7-14(23)18(30)22(33)31(20)13-5-3-2-4-6-13/h2-7,10-11,15H,8-9H2,1H3,(H,24,25,26,27)/t15-/m0/s1. The Labute approximate surface area is 191 Å². The number of H-pyrrole nitrogens is 1. The van der Waals surface area contributed by atoms with Crippen LogP contribution in [0.2, 0.25) is 5.02 Å². The summed E-state index contributed by atoms with van der Waals surface area (Å²) >= 11 is 6.30. The van der Waals surface area contributed by atoms with Crippen LogP contribution in [0.1, 0.15) is 35.7 Å². The number of benzene rings is 1. The zero-order valence-electron chi connectivity index (χ0n) is 17.4. The van der Waals surface area contributed by atoms with Crippen LogP contribution in [0.3, 0.4) is 0 Å². The molecule has 5 aromatic rings. The van der Waals surface area contributed by atoms with Gasteiger partial charge in [-0.2, -0.15) is 10.2 Å². The number of Topliss-reactive ketones (excluding diaryl/α,β-unsaturated/α-hetero) is 1. The molecule has 1 atom stereocenters. The number of carbonyl (C=O) groups is 1. The van der Waals surface area contributed by atoms with E-state index in [4.69, 9.17) is 16.7 Å².